The van der Waals surface area contributed by atoms with Crippen molar-refractivity contribution in [2.75, 3.05) is 13.7 Å². The van der Waals surface area contributed by atoms with E-state index in [0.29, 0.717) is 29.6 Å². The summed E-state index contributed by atoms with van der Waals surface area (Å²) >= 11 is 2.91. The predicted molar refractivity (Wildman–Crippen MR) is 109 cm³/mol. The fraction of sp³-hybridized carbons (Fsp3) is 0.350. The van der Waals surface area contributed by atoms with E-state index in [4.69, 9.17) is 14.5 Å². The van der Waals surface area contributed by atoms with Gasteiger partial charge in [-0.3, -0.25) is 14.2 Å². The molecule has 1 aliphatic carbocycles. The zero-order valence-corrected chi connectivity index (χ0v) is 16.9. The van der Waals surface area contributed by atoms with Crippen LogP contribution in [0.5, 0.6) is 5.75 Å². The predicted octanol–water partition coefficient (Wildman–Crippen LogP) is 3.35. The van der Waals surface area contributed by atoms with Crippen molar-refractivity contribution >= 4 is 39.3 Å². The molecule has 144 valence electrons. The van der Waals surface area contributed by atoms with Gasteiger partial charge in [-0.1, -0.05) is 17.8 Å². The summed E-state index contributed by atoms with van der Waals surface area (Å²) in [5.41, 5.74) is 1.75. The summed E-state index contributed by atoms with van der Waals surface area (Å²) in [6, 6.07) is 7.37. The van der Waals surface area contributed by atoms with Crippen LogP contribution in [0.1, 0.15) is 23.3 Å². The second kappa shape index (κ2) is 6.93. The van der Waals surface area contributed by atoms with E-state index in [1.54, 1.807) is 23.0 Å². The van der Waals surface area contributed by atoms with Crippen LogP contribution in [-0.4, -0.2) is 34.5 Å². The SMILES string of the molecule is COc1cccc(-n2c(S[C@H]3CCOC3=O)nc3sc4c(c3c2=O)CCC4)c1. The maximum Gasteiger partial charge on any atom is 0.319 e. The number of hydrogen-bond acceptors (Lipinski definition) is 7. The third kappa shape index (κ3) is 2.82. The number of cyclic esters (lactones) is 1. The highest BCUT2D eigenvalue weighted by Crippen LogP contribution is 2.37. The van der Waals surface area contributed by atoms with E-state index < -0.39 is 0 Å². The smallest absolute Gasteiger partial charge is 0.319 e. The Labute approximate surface area is 169 Å². The number of benzene rings is 1. The number of aryl methyl sites for hydroxylation is 2. The first-order chi connectivity index (χ1) is 13.7. The molecule has 0 bridgehead atoms. The minimum absolute atomic E-state index is 0.0773. The molecule has 3 aromatic rings. The van der Waals surface area contributed by atoms with Gasteiger partial charge in [0.1, 0.15) is 15.8 Å². The van der Waals surface area contributed by atoms with Crippen LogP contribution in [0.2, 0.25) is 0 Å². The Bertz CT molecular complexity index is 1150. The van der Waals surface area contributed by atoms with E-state index >= 15 is 0 Å². The van der Waals surface area contributed by atoms with Crippen molar-refractivity contribution in [1.82, 2.24) is 9.55 Å². The van der Waals surface area contributed by atoms with E-state index in [9.17, 15) is 9.59 Å². The van der Waals surface area contributed by atoms with Gasteiger partial charge in [0.2, 0.25) is 0 Å². The van der Waals surface area contributed by atoms with E-state index in [1.807, 2.05) is 24.3 Å². The highest BCUT2D eigenvalue weighted by atomic mass is 32.2. The molecule has 6 nitrogen and oxygen atoms in total. The summed E-state index contributed by atoms with van der Waals surface area (Å²) < 4.78 is 12.1. The van der Waals surface area contributed by atoms with Crippen molar-refractivity contribution in [2.24, 2.45) is 0 Å². The van der Waals surface area contributed by atoms with Gasteiger partial charge in [-0.05, 0) is 37.0 Å². The van der Waals surface area contributed by atoms with Gasteiger partial charge in [0.05, 0.1) is 24.8 Å². The fourth-order valence-electron chi connectivity index (χ4n) is 3.79. The molecule has 0 N–H and O–H groups in total. The Morgan fingerprint density at radius 2 is 2.21 bits per heavy atom. The van der Waals surface area contributed by atoms with Crippen molar-refractivity contribution < 1.29 is 14.3 Å². The first kappa shape index (κ1) is 17.8. The van der Waals surface area contributed by atoms with Crippen LogP contribution in [0.15, 0.2) is 34.2 Å². The number of methoxy groups -OCH3 is 1. The zero-order chi connectivity index (χ0) is 19.3. The first-order valence-corrected chi connectivity index (χ1v) is 10.9. The standard InChI is InChI=1S/C20H18N2O4S2/c1-25-12-5-2-4-11(10-12)22-18(23)16-13-6-3-7-14(13)27-17(16)21-20(22)28-15-8-9-26-19(15)24/h2,4-5,10,15H,3,6-9H2,1H3/t15-/m0/s1. The third-order valence-corrected chi connectivity index (χ3v) is 7.54. The number of thioether (sulfide) groups is 1. The number of rotatable bonds is 4. The molecular formula is C20H18N2O4S2. The molecule has 1 fully saturated rings. The molecule has 1 aromatic carbocycles. The molecule has 28 heavy (non-hydrogen) atoms. The van der Waals surface area contributed by atoms with Crippen LogP contribution in [0.4, 0.5) is 0 Å². The van der Waals surface area contributed by atoms with E-state index in [0.717, 1.165) is 35.0 Å². The molecule has 0 spiro atoms. The molecular weight excluding hydrogens is 396 g/mol. The monoisotopic (exact) mass is 414 g/mol. The van der Waals surface area contributed by atoms with Crippen LogP contribution < -0.4 is 10.3 Å². The average Bonchev–Trinajstić information content (AvgIpc) is 3.38. The molecule has 1 saturated heterocycles. The Hall–Kier alpha value is -2.32. The van der Waals surface area contributed by atoms with Crippen LogP contribution in [0, 0.1) is 0 Å². The van der Waals surface area contributed by atoms with Gasteiger partial charge >= 0.3 is 5.97 Å². The summed E-state index contributed by atoms with van der Waals surface area (Å²) in [6.45, 7) is 0.412. The van der Waals surface area contributed by atoms with Gasteiger partial charge in [-0.25, -0.2) is 4.98 Å². The average molecular weight is 415 g/mol. The van der Waals surface area contributed by atoms with E-state index in [-0.39, 0.29) is 16.8 Å². The molecule has 0 unspecified atom stereocenters. The maximum atomic E-state index is 13.6. The number of carbonyl (C=O) groups excluding carboxylic acids is 1. The van der Waals surface area contributed by atoms with Crippen molar-refractivity contribution in [1.29, 1.82) is 0 Å². The summed E-state index contributed by atoms with van der Waals surface area (Å²) in [4.78, 5) is 32.5. The van der Waals surface area contributed by atoms with Crippen LogP contribution >= 0.6 is 23.1 Å². The second-order valence-corrected chi connectivity index (χ2v) is 9.09. The lowest BCUT2D eigenvalue weighted by Gasteiger charge is -2.14. The molecule has 0 amide bonds. The molecule has 1 atom stereocenters. The Balaban J connectivity index is 1.74. The molecule has 0 radical (unpaired) electrons. The van der Waals surface area contributed by atoms with Crippen LogP contribution in [-0.2, 0) is 22.4 Å². The van der Waals surface area contributed by atoms with Crippen molar-refractivity contribution in [3.8, 4) is 11.4 Å². The van der Waals surface area contributed by atoms with Gasteiger partial charge in [-0.15, -0.1) is 11.3 Å². The Morgan fingerprint density at radius 1 is 1.32 bits per heavy atom. The number of ether oxygens (including phenoxy) is 2. The molecule has 2 aromatic heterocycles. The van der Waals surface area contributed by atoms with Gasteiger partial charge in [0.25, 0.3) is 5.56 Å². The molecule has 2 aliphatic rings. The van der Waals surface area contributed by atoms with Crippen molar-refractivity contribution in [3.05, 3.63) is 45.1 Å². The third-order valence-electron chi connectivity index (χ3n) is 5.15. The quantitative estimate of drug-likeness (QED) is 0.482. The van der Waals surface area contributed by atoms with E-state index in [2.05, 4.69) is 0 Å². The van der Waals surface area contributed by atoms with E-state index in [1.165, 1.54) is 16.6 Å². The van der Waals surface area contributed by atoms with Crippen LogP contribution in [0.3, 0.4) is 0 Å². The Kier molecular flexibility index (Phi) is 4.40. The topological polar surface area (TPSA) is 70.4 Å². The Morgan fingerprint density at radius 3 is 3.00 bits per heavy atom. The number of fused-ring (bicyclic) bond motifs is 3. The zero-order valence-electron chi connectivity index (χ0n) is 15.3. The van der Waals surface area contributed by atoms with Crippen LogP contribution in [0.25, 0.3) is 15.9 Å². The van der Waals surface area contributed by atoms with Crippen molar-refractivity contribution in [2.45, 2.75) is 36.1 Å². The summed E-state index contributed by atoms with van der Waals surface area (Å²) in [7, 11) is 1.60. The number of nitrogens with zero attached hydrogens (tertiary/aromatic N) is 2. The molecule has 0 saturated carbocycles. The lowest BCUT2D eigenvalue weighted by molar-refractivity contribution is -0.137. The minimum Gasteiger partial charge on any atom is -0.497 e. The largest absolute Gasteiger partial charge is 0.497 e. The summed E-state index contributed by atoms with van der Waals surface area (Å²) in [5.74, 6) is 0.418. The molecule has 8 heteroatoms. The minimum atomic E-state index is -0.340. The molecule has 1 aliphatic heterocycles. The number of thiophene rings is 1. The highest BCUT2D eigenvalue weighted by Gasteiger charge is 2.31. The first-order valence-electron chi connectivity index (χ1n) is 9.20. The second-order valence-electron chi connectivity index (χ2n) is 6.84. The summed E-state index contributed by atoms with van der Waals surface area (Å²) in [6.07, 6.45) is 3.63. The highest BCUT2D eigenvalue weighted by molar-refractivity contribution is 8.00. The van der Waals surface area contributed by atoms with Gasteiger partial charge < -0.3 is 9.47 Å². The van der Waals surface area contributed by atoms with Gasteiger partial charge in [-0.2, -0.15) is 0 Å². The van der Waals surface area contributed by atoms with Crippen molar-refractivity contribution in [3.63, 3.8) is 0 Å². The number of esters is 1. The molecule has 3 heterocycles. The lowest BCUT2D eigenvalue weighted by atomic mass is 10.2. The maximum absolute atomic E-state index is 13.6. The number of carbonyl (C=O) groups is 1. The number of aromatic nitrogens is 2. The fourth-order valence-corrected chi connectivity index (χ4v) is 6.17. The normalized spacial score (nSPS) is 18.5. The van der Waals surface area contributed by atoms with Gasteiger partial charge in [0.15, 0.2) is 5.16 Å². The molecule has 5 rings (SSSR count). The van der Waals surface area contributed by atoms with Gasteiger partial charge in [0, 0.05) is 17.4 Å². The lowest BCUT2D eigenvalue weighted by Crippen LogP contribution is -2.23. The number of hydrogen-bond donors (Lipinski definition) is 0. The summed E-state index contributed by atoms with van der Waals surface area (Å²) in [5, 5.41) is 0.904.